The lowest BCUT2D eigenvalue weighted by molar-refractivity contribution is -0.139. The van der Waals surface area contributed by atoms with Crippen molar-refractivity contribution in [2.45, 2.75) is 37.8 Å². The van der Waals surface area contributed by atoms with Crippen LogP contribution in [0.5, 0.6) is 0 Å². The number of likely N-dealkylation sites (tertiary alicyclic amines) is 1. The minimum atomic E-state index is -0.740. The van der Waals surface area contributed by atoms with Gasteiger partial charge in [-0.15, -0.1) is 11.3 Å². The third-order valence-corrected chi connectivity index (χ3v) is 6.41. The molecular weight excluding hydrogens is 410 g/mol. The van der Waals surface area contributed by atoms with E-state index in [-0.39, 0.29) is 11.8 Å². The smallest absolute Gasteiger partial charge is 0.265 e. The summed E-state index contributed by atoms with van der Waals surface area (Å²) in [6.07, 6.45) is 2.07. The highest BCUT2D eigenvalue weighted by molar-refractivity contribution is 7.18. The molecule has 1 N–H and O–H groups in total. The minimum Gasteiger partial charge on any atom is -0.382 e. The Bertz CT molecular complexity index is 909. The highest BCUT2D eigenvalue weighted by Crippen LogP contribution is 2.26. The first kappa shape index (κ1) is 19.9. The van der Waals surface area contributed by atoms with E-state index in [0.717, 1.165) is 36.4 Å². The first-order valence-corrected chi connectivity index (χ1v) is 10.9. The third-order valence-electron chi connectivity index (χ3n) is 5.13. The number of carbonyl (C=O) groups excluding carboxylic acids is 2. The van der Waals surface area contributed by atoms with Crippen LogP contribution in [0.15, 0.2) is 47.6 Å². The van der Waals surface area contributed by atoms with Gasteiger partial charge in [0, 0.05) is 25.9 Å². The van der Waals surface area contributed by atoms with Crippen LogP contribution in [0.1, 0.15) is 29.7 Å². The van der Waals surface area contributed by atoms with E-state index >= 15 is 0 Å². The number of oxime groups is 1. The van der Waals surface area contributed by atoms with Crippen LogP contribution in [0.2, 0.25) is 4.34 Å². The monoisotopic (exact) mass is 431 g/mol. The van der Waals surface area contributed by atoms with E-state index < -0.39 is 12.1 Å². The number of thiophene rings is 1. The highest BCUT2D eigenvalue weighted by Gasteiger charge is 2.34. The number of hydrogen-bond acceptors (Lipinski definition) is 5. The van der Waals surface area contributed by atoms with Crippen molar-refractivity contribution >= 4 is 40.5 Å². The summed E-state index contributed by atoms with van der Waals surface area (Å²) in [7, 11) is 0. The van der Waals surface area contributed by atoms with E-state index in [2.05, 4.69) is 10.5 Å². The number of benzene rings is 1. The molecule has 8 heteroatoms. The molecule has 2 amide bonds. The molecule has 1 aromatic heterocycles. The number of amides is 2. The van der Waals surface area contributed by atoms with E-state index in [1.54, 1.807) is 6.07 Å². The molecule has 1 aromatic carbocycles. The van der Waals surface area contributed by atoms with Crippen LogP contribution in [0.25, 0.3) is 0 Å². The zero-order valence-electron chi connectivity index (χ0n) is 15.8. The molecule has 2 aliphatic heterocycles. The maximum Gasteiger partial charge on any atom is 0.265 e. The molecule has 6 nitrogen and oxygen atoms in total. The van der Waals surface area contributed by atoms with Gasteiger partial charge in [0.1, 0.15) is 11.8 Å². The van der Waals surface area contributed by atoms with Crippen molar-refractivity contribution in [1.29, 1.82) is 0 Å². The molecule has 152 valence electrons. The number of halogens is 1. The van der Waals surface area contributed by atoms with Crippen molar-refractivity contribution in [2.75, 3.05) is 13.1 Å². The fourth-order valence-corrected chi connectivity index (χ4v) is 4.64. The van der Waals surface area contributed by atoms with E-state index in [1.807, 2.05) is 41.3 Å². The second kappa shape index (κ2) is 8.97. The van der Waals surface area contributed by atoms with Gasteiger partial charge in [-0.3, -0.25) is 9.59 Å². The predicted octanol–water partition coefficient (Wildman–Crippen LogP) is 3.24. The first-order chi connectivity index (χ1) is 14.1. The van der Waals surface area contributed by atoms with Crippen LogP contribution < -0.4 is 5.32 Å². The number of rotatable bonds is 6. The lowest BCUT2D eigenvalue weighted by atomic mass is 10.0. The molecule has 2 aromatic rings. The van der Waals surface area contributed by atoms with Crippen molar-refractivity contribution < 1.29 is 14.4 Å². The Morgan fingerprint density at radius 2 is 1.97 bits per heavy atom. The Morgan fingerprint density at radius 1 is 1.21 bits per heavy atom. The summed E-state index contributed by atoms with van der Waals surface area (Å²) in [6.45, 7) is 1.48. The van der Waals surface area contributed by atoms with Gasteiger partial charge in [-0.25, -0.2) is 0 Å². The molecule has 2 atom stereocenters. The van der Waals surface area contributed by atoms with Gasteiger partial charge < -0.3 is 15.1 Å². The zero-order chi connectivity index (χ0) is 20.2. The largest absolute Gasteiger partial charge is 0.382 e. The third kappa shape index (κ3) is 4.79. The lowest BCUT2D eigenvalue weighted by Crippen LogP contribution is -2.51. The fraction of sp³-hybridized carbons (Fsp3) is 0.381. The topological polar surface area (TPSA) is 71.0 Å². The molecule has 29 heavy (non-hydrogen) atoms. The molecule has 3 heterocycles. The fourth-order valence-electron chi connectivity index (χ4n) is 3.61. The summed E-state index contributed by atoms with van der Waals surface area (Å²) >= 11 is 7.38. The van der Waals surface area contributed by atoms with Crippen LogP contribution in [-0.2, 0) is 20.8 Å². The molecule has 0 radical (unpaired) electrons. The first-order valence-electron chi connectivity index (χ1n) is 9.71. The average Bonchev–Trinajstić information content (AvgIpc) is 3.49. The maximum atomic E-state index is 13.0. The number of hydrogen-bond donors (Lipinski definition) is 1. The molecule has 0 spiro atoms. The normalized spacial score (nSPS) is 19.6. The average molecular weight is 432 g/mol. The maximum absolute atomic E-state index is 13.0. The molecule has 0 saturated carbocycles. The summed E-state index contributed by atoms with van der Waals surface area (Å²) in [5, 5.41) is 6.96. The van der Waals surface area contributed by atoms with Crippen molar-refractivity contribution in [1.82, 2.24) is 10.2 Å². The molecule has 0 aliphatic carbocycles. The van der Waals surface area contributed by atoms with Gasteiger partial charge >= 0.3 is 0 Å². The van der Waals surface area contributed by atoms with E-state index in [0.29, 0.717) is 22.9 Å². The van der Waals surface area contributed by atoms with Crippen molar-refractivity contribution in [2.24, 2.45) is 5.16 Å². The van der Waals surface area contributed by atoms with Crippen LogP contribution in [-0.4, -0.2) is 47.7 Å². The second-order valence-corrected chi connectivity index (χ2v) is 8.94. The Balaban J connectivity index is 1.42. The molecule has 4 rings (SSSR count). The van der Waals surface area contributed by atoms with Gasteiger partial charge in [-0.05, 0) is 30.5 Å². The van der Waals surface area contributed by atoms with Gasteiger partial charge in [0.15, 0.2) is 0 Å². The predicted molar refractivity (Wildman–Crippen MR) is 113 cm³/mol. The molecule has 2 unspecified atom stereocenters. The van der Waals surface area contributed by atoms with Crippen molar-refractivity contribution in [3.63, 3.8) is 0 Å². The van der Waals surface area contributed by atoms with Gasteiger partial charge in [-0.2, -0.15) is 0 Å². The Labute approximate surface area is 178 Å². The summed E-state index contributed by atoms with van der Waals surface area (Å²) in [4.78, 5) is 33.9. The quantitative estimate of drug-likeness (QED) is 0.763. The summed E-state index contributed by atoms with van der Waals surface area (Å²) < 4.78 is 0.662. The number of nitrogens with zero attached hydrogens (tertiary/aromatic N) is 2. The molecule has 0 bridgehead atoms. The SMILES string of the molecule is O=C(NC(Cc1ccccc1)C(=O)N1CCCC1)C1CC(c2ccc(Cl)s2)=NO1. The molecule has 1 saturated heterocycles. The van der Waals surface area contributed by atoms with Gasteiger partial charge in [0.25, 0.3) is 5.91 Å². The summed E-state index contributed by atoms with van der Waals surface area (Å²) in [5.74, 6) is -0.358. The van der Waals surface area contributed by atoms with Gasteiger partial charge in [0.2, 0.25) is 12.0 Å². The van der Waals surface area contributed by atoms with Gasteiger partial charge in [0.05, 0.1) is 9.21 Å². The van der Waals surface area contributed by atoms with Gasteiger partial charge in [-0.1, -0.05) is 47.1 Å². The Kier molecular flexibility index (Phi) is 6.16. The van der Waals surface area contributed by atoms with Crippen LogP contribution in [0.3, 0.4) is 0 Å². The molecule has 1 fully saturated rings. The molecular formula is C21H22ClN3O3S. The van der Waals surface area contributed by atoms with Crippen LogP contribution in [0.4, 0.5) is 0 Å². The van der Waals surface area contributed by atoms with Crippen molar-refractivity contribution in [3.8, 4) is 0 Å². The highest BCUT2D eigenvalue weighted by atomic mass is 35.5. The standard InChI is InChI=1S/C21H22ClN3O3S/c22-19-9-8-18(29-19)15-13-17(28-24-15)20(26)23-16(12-14-6-2-1-3-7-14)21(27)25-10-4-5-11-25/h1-3,6-9,16-17H,4-5,10-13H2,(H,23,26). The number of carbonyl (C=O) groups is 2. The van der Waals surface area contributed by atoms with Crippen LogP contribution >= 0.6 is 22.9 Å². The van der Waals surface area contributed by atoms with E-state index in [4.69, 9.17) is 16.4 Å². The van der Waals surface area contributed by atoms with Crippen LogP contribution in [0, 0.1) is 0 Å². The Hall–Kier alpha value is -2.38. The summed E-state index contributed by atoms with van der Waals surface area (Å²) in [5.41, 5.74) is 1.70. The Morgan fingerprint density at radius 3 is 2.66 bits per heavy atom. The summed E-state index contributed by atoms with van der Waals surface area (Å²) in [6, 6.07) is 12.8. The second-order valence-electron chi connectivity index (χ2n) is 7.22. The minimum absolute atomic E-state index is 0.0381. The number of nitrogens with one attached hydrogen (secondary N) is 1. The van der Waals surface area contributed by atoms with E-state index in [9.17, 15) is 9.59 Å². The van der Waals surface area contributed by atoms with E-state index in [1.165, 1.54) is 11.3 Å². The molecule has 2 aliphatic rings. The van der Waals surface area contributed by atoms with Crippen molar-refractivity contribution in [3.05, 3.63) is 57.2 Å². The lowest BCUT2D eigenvalue weighted by Gasteiger charge is -2.25. The zero-order valence-corrected chi connectivity index (χ0v) is 17.4.